The summed E-state index contributed by atoms with van der Waals surface area (Å²) in [5.74, 6) is 0.658. The first-order chi connectivity index (χ1) is 13.2. The highest BCUT2D eigenvalue weighted by Crippen LogP contribution is 2.22. The number of oxazole rings is 1. The van der Waals surface area contributed by atoms with Crippen LogP contribution >= 0.6 is 0 Å². The van der Waals surface area contributed by atoms with E-state index >= 15 is 0 Å². The van der Waals surface area contributed by atoms with E-state index in [1.54, 1.807) is 35.0 Å². The fourth-order valence-electron chi connectivity index (χ4n) is 2.65. The molecule has 0 fully saturated rings. The maximum absolute atomic E-state index is 13.0. The van der Waals surface area contributed by atoms with Crippen LogP contribution in [0.5, 0.6) is 0 Å². The molecular weight excluding hydrogens is 350 g/mol. The van der Waals surface area contributed by atoms with E-state index < -0.39 is 0 Å². The van der Waals surface area contributed by atoms with Crippen LogP contribution < -0.4 is 4.90 Å². The molecule has 4 aromatic rings. The predicted octanol–water partition coefficient (Wildman–Crippen LogP) is 2.19. The van der Waals surface area contributed by atoms with Crippen LogP contribution in [0.2, 0.25) is 0 Å². The monoisotopic (exact) mass is 365 g/mol. The second-order valence-corrected chi connectivity index (χ2v) is 5.58. The normalized spacial score (nSPS) is 10.9. The van der Waals surface area contributed by atoms with Crippen molar-refractivity contribution in [3.8, 4) is 23.2 Å². The van der Waals surface area contributed by atoms with Crippen molar-refractivity contribution in [2.24, 2.45) is 7.05 Å². The van der Waals surface area contributed by atoms with Gasteiger partial charge >= 0.3 is 0 Å². The summed E-state index contributed by atoms with van der Waals surface area (Å²) >= 11 is 0. The Hall–Kier alpha value is -3.82. The van der Waals surface area contributed by atoms with Gasteiger partial charge in [-0.25, -0.2) is 9.97 Å². The number of nitrogens with zero attached hydrogens (tertiary/aromatic N) is 7. The third-order valence-electron chi connectivity index (χ3n) is 4.00. The van der Waals surface area contributed by atoms with Crippen molar-refractivity contribution >= 4 is 11.6 Å². The number of rotatable bonds is 5. The van der Waals surface area contributed by atoms with Crippen molar-refractivity contribution in [3.63, 3.8) is 0 Å². The van der Waals surface area contributed by atoms with E-state index in [4.69, 9.17) is 8.94 Å². The Balaban J connectivity index is 1.65. The lowest BCUT2D eigenvalue weighted by Gasteiger charge is -2.20. The Morgan fingerprint density at radius 3 is 2.89 bits per heavy atom. The van der Waals surface area contributed by atoms with Crippen LogP contribution in [0.4, 0.5) is 5.69 Å². The number of hydrogen-bond acceptors (Lipinski definition) is 8. The van der Waals surface area contributed by atoms with E-state index in [1.807, 2.05) is 13.0 Å². The first kappa shape index (κ1) is 16.6. The minimum absolute atomic E-state index is 0.202. The van der Waals surface area contributed by atoms with Gasteiger partial charge in [0, 0.05) is 19.8 Å². The second-order valence-electron chi connectivity index (χ2n) is 5.58. The molecule has 0 aliphatic heterocycles. The second kappa shape index (κ2) is 6.83. The van der Waals surface area contributed by atoms with Crippen LogP contribution in [-0.2, 0) is 7.05 Å². The zero-order valence-corrected chi connectivity index (χ0v) is 14.6. The van der Waals surface area contributed by atoms with E-state index in [9.17, 15) is 4.79 Å². The van der Waals surface area contributed by atoms with Gasteiger partial charge in [0.15, 0.2) is 17.9 Å². The summed E-state index contributed by atoms with van der Waals surface area (Å²) < 4.78 is 11.7. The van der Waals surface area contributed by atoms with Gasteiger partial charge in [-0.3, -0.25) is 9.78 Å². The van der Waals surface area contributed by atoms with Crippen LogP contribution in [-0.4, -0.2) is 42.1 Å². The lowest BCUT2D eigenvalue weighted by molar-refractivity contribution is 0.0980. The summed E-state index contributed by atoms with van der Waals surface area (Å²) in [6.45, 7) is 2.38. The molecule has 0 radical (unpaired) electrons. The molecule has 0 bridgehead atoms. The average molecular weight is 365 g/mol. The molecule has 4 aromatic heterocycles. The van der Waals surface area contributed by atoms with Gasteiger partial charge in [-0.1, -0.05) is 5.16 Å². The maximum Gasteiger partial charge on any atom is 0.280 e. The summed E-state index contributed by atoms with van der Waals surface area (Å²) in [7, 11) is 1.72. The van der Waals surface area contributed by atoms with Gasteiger partial charge in [0.05, 0.1) is 18.1 Å². The van der Waals surface area contributed by atoms with E-state index in [1.165, 1.54) is 18.9 Å². The largest absolute Gasteiger partial charge is 0.451 e. The Morgan fingerprint density at radius 1 is 1.30 bits per heavy atom. The molecule has 0 aliphatic rings. The minimum atomic E-state index is -0.202. The molecule has 0 unspecified atom stereocenters. The van der Waals surface area contributed by atoms with E-state index in [2.05, 4.69) is 25.1 Å². The van der Waals surface area contributed by atoms with Crippen LogP contribution in [0.25, 0.3) is 23.2 Å². The van der Waals surface area contributed by atoms with E-state index in [0.29, 0.717) is 29.4 Å². The smallest absolute Gasteiger partial charge is 0.280 e. The third kappa shape index (κ3) is 2.97. The molecule has 10 nitrogen and oxygen atoms in total. The molecule has 0 spiro atoms. The lowest BCUT2D eigenvalue weighted by Crippen LogP contribution is -2.32. The highest BCUT2D eigenvalue weighted by molar-refractivity contribution is 6.05. The van der Waals surface area contributed by atoms with Crippen molar-refractivity contribution in [1.82, 2.24) is 29.7 Å². The molecule has 4 heterocycles. The number of hydrogen-bond donors (Lipinski definition) is 0. The van der Waals surface area contributed by atoms with Gasteiger partial charge in [0.25, 0.3) is 11.8 Å². The quantitative estimate of drug-likeness (QED) is 0.528. The Labute approximate surface area is 153 Å². The van der Waals surface area contributed by atoms with Crippen molar-refractivity contribution < 1.29 is 13.7 Å². The standard InChI is InChI=1S/C17H15N7O3/c1-3-24(11-5-4-6-18-7-11)17(25)13-8-19-15(23(13)2)14-21-16(27-22-14)12-9-26-10-20-12/h4-10H,3H2,1-2H3. The van der Waals surface area contributed by atoms with Crippen molar-refractivity contribution in [3.05, 3.63) is 49.1 Å². The number of imidazole rings is 1. The van der Waals surface area contributed by atoms with Crippen LogP contribution in [0.15, 0.2) is 52.3 Å². The molecule has 0 saturated heterocycles. The molecule has 0 aromatic carbocycles. The fraction of sp³-hybridized carbons (Fsp3) is 0.176. The fourth-order valence-corrected chi connectivity index (χ4v) is 2.65. The van der Waals surface area contributed by atoms with Crippen molar-refractivity contribution in [2.75, 3.05) is 11.4 Å². The van der Waals surface area contributed by atoms with Gasteiger partial charge in [0.1, 0.15) is 12.0 Å². The topological polar surface area (TPSA) is 116 Å². The zero-order valence-electron chi connectivity index (χ0n) is 14.6. The maximum atomic E-state index is 13.0. The molecular formula is C17H15N7O3. The van der Waals surface area contributed by atoms with Crippen molar-refractivity contribution in [1.29, 1.82) is 0 Å². The van der Waals surface area contributed by atoms with Crippen molar-refractivity contribution in [2.45, 2.75) is 6.92 Å². The molecule has 0 aliphatic carbocycles. The Kier molecular flexibility index (Phi) is 4.21. The SMILES string of the molecule is CCN(C(=O)c1cnc(-c2noc(-c3cocn3)n2)n1C)c1cccnc1. The van der Waals surface area contributed by atoms with Crippen LogP contribution in [0, 0.1) is 0 Å². The van der Waals surface area contributed by atoms with Gasteiger partial charge in [0.2, 0.25) is 5.82 Å². The number of amides is 1. The zero-order chi connectivity index (χ0) is 18.8. The first-order valence-corrected chi connectivity index (χ1v) is 8.15. The van der Waals surface area contributed by atoms with Crippen LogP contribution in [0.1, 0.15) is 17.4 Å². The molecule has 136 valence electrons. The van der Waals surface area contributed by atoms with Gasteiger partial charge < -0.3 is 18.4 Å². The third-order valence-corrected chi connectivity index (χ3v) is 4.00. The molecule has 1 amide bonds. The molecule has 0 N–H and O–H groups in total. The van der Waals surface area contributed by atoms with E-state index in [-0.39, 0.29) is 17.6 Å². The number of pyridine rings is 1. The van der Waals surface area contributed by atoms with Gasteiger partial charge in [-0.05, 0) is 19.1 Å². The van der Waals surface area contributed by atoms with Crippen LogP contribution in [0.3, 0.4) is 0 Å². The summed E-state index contributed by atoms with van der Waals surface area (Å²) in [6.07, 6.45) is 7.46. The first-order valence-electron chi connectivity index (χ1n) is 8.15. The summed E-state index contributed by atoms with van der Waals surface area (Å²) in [6, 6.07) is 3.61. The molecule has 4 rings (SSSR count). The van der Waals surface area contributed by atoms with Gasteiger partial charge in [-0.2, -0.15) is 4.98 Å². The lowest BCUT2D eigenvalue weighted by atomic mass is 10.3. The summed E-state index contributed by atoms with van der Waals surface area (Å²) in [4.78, 5) is 31.2. The highest BCUT2D eigenvalue weighted by atomic mass is 16.5. The number of carbonyl (C=O) groups excluding carboxylic acids is 1. The Bertz CT molecular complexity index is 1050. The average Bonchev–Trinajstić information content (AvgIpc) is 3.43. The van der Waals surface area contributed by atoms with E-state index in [0.717, 1.165) is 0 Å². The molecule has 0 saturated carbocycles. The summed E-state index contributed by atoms with van der Waals surface area (Å²) in [5, 5.41) is 3.91. The number of anilines is 1. The highest BCUT2D eigenvalue weighted by Gasteiger charge is 2.24. The number of aromatic nitrogens is 6. The predicted molar refractivity (Wildman–Crippen MR) is 93.6 cm³/mol. The minimum Gasteiger partial charge on any atom is -0.451 e. The molecule has 0 atom stereocenters. The summed E-state index contributed by atoms with van der Waals surface area (Å²) in [5.41, 5.74) is 1.53. The Morgan fingerprint density at radius 2 is 2.19 bits per heavy atom. The molecule has 27 heavy (non-hydrogen) atoms. The molecule has 10 heteroatoms. The number of carbonyl (C=O) groups is 1. The van der Waals surface area contributed by atoms with Gasteiger partial charge in [-0.15, -0.1) is 0 Å².